The van der Waals surface area contributed by atoms with E-state index in [1.54, 1.807) is 12.1 Å². The molecule has 6 heteroatoms. The molecule has 2 aromatic carbocycles. The number of amides is 1. The highest BCUT2D eigenvalue weighted by atomic mass is 32.2. The van der Waals surface area contributed by atoms with Gasteiger partial charge in [0.1, 0.15) is 0 Å². The van der Waals surface area contributed by atoms with E-state index in [0.29, 0.717) is 11.8 Å². The number of hydrogen-bond acceptors (Lipinski definition) is 4. The average molecular weight is 387 g/mol. The van der Waals surface area contributed by atoms with E-state index in [1.807, 2.05) is 13.0 Å². The number of non-ortho nitro benzene ring substituents is 1. The molecular weight excluding hydrogens is 360 g/mol. The van der Waals surface area contributed by atoms with Crippen LogP contribution in [0.3, 0.4) is 0 Å². The minimum absolute atomic E-state index is 0.0453. The van der Waals surface area contributed by atoms with Crippen LogP contribution in [-0.2, 0) is 4.79 Å². The second-order valence-corrected chi connectivity index (χ2v) is 8.54. The lowest BCUT2D eigenvalue weighted by atomic mass is 9.92. The van der Waals surface area contributed by atoms with Crippen molar-refractivity contribution in [1.82, 2.24) is 0 Å². The predicted molar refractivity (Wildman–Crippen MR) is 112 cm³/mol. The third-order valence-corrected chi connectivity index (χ3v) is 5.46. The number of carbonyl (C=O) groups is 1. The maximum absolute atomic E-state index is 12.8. The molecular formula is C21H26N2O3S. The number of hydrogen-bond donors (Lipinski definition) is 1. The number of para-hydroxylation sites is 1. The topological polar surface area (TPSA) is 72.2 Å². The normalized spacial score (nSPS) is 12.3. The first-order valence-corrected chi connectivity index (χ1v) is 9.93. The molecule has 0 aliphatic heterocycles. The summed E-state index contributed by atoms with van der Waals surface area (Å²) in [6, 6.07) is 12.4. The lowest BCUT2D eigenvalue weighted by molar-refractivity contribution is -0.384. The van der Waals surface area contributed by atoms with Crippen LogP contribution in [0, 0.1) is 10.1 Å². The van der Waals surface area contributed by atoms with Crippen LogP contribution in [0.1, 0.15) is 57.6 Å². The van der Waals surface area contributed by atoms with E-state index < -0.39 is 4.92 Å². The lowest BCUT2D eigenvalue weighted by Gasteiger charge is -2.21. The molecule has 0 bridgehead atoms. The average Bonchev–Trinajstić information content (AvgIpc) is 2.61. The van der Waals surface area contributed by atoms with Crippen LogP contribution >= 0.6 is 11.8 Å². The van der Waals surface area contributed by atoms with E-state index >= 15 is 0 Å². The molecule has 144 valence electrons. The fourth-order valence-electron chi connectivity index (χ4n) is 2.82. The van der Waals surface area contributed by atoms with Crippen molar-refractivity contribution in [3.05, 3.63) is 63.7 Å². The predicted octanol–water partition coefficient (Wildman–Crippen LogP) is 5.96. The number of nitrogens with zero attached hydrogens (tertiary/aromatic N) is 1. The van der Waals surface area contributed by atoms with E-state index in [4.69, 9.17) is 0 Å². The number of thioether (sulfide) groups is 1. The van der Waals surface area contributed by atoms with Crippen LogP contribution < -0.4 is 5.32 Å². The molecule has 0 saturated heterocycles. The Hall–Kier alpha value is -2.34. The van der Waals surface area contributed by atoms with Crippen molar-refractivity contribution in [2.75, 3.05) is 5.32 Å². The highest BCUT2D eigenvalue weighted by Crippen LogP contribution is 2.33. The van der Waals surface area contributed by atoms with Gasteiger partial charge in [0, 0.05) is 22.7 Å². The summed E-state index contributed by atoms with van der Waals surface area (Å²) in [4.78, 5) is 23.9. The summed E-state index contributed by atoms with van der Waals surface area (Å²) >= 11 is 1.39. The Morgan fingerprint density at radius 1 is 0.963 bits per heavy atom. The molecule has 0 fully saturated rings. The van der Waals surface area contributed by atoms with Crippen molar-refractivity contribution in [3.63, 3.8) is 0 Å². The zero-order valence-corrected chi connectivity index (χ0v) is 17.2. The molecule has 0 heterocycles. The third-order valence-electron chi connectivity index (χ3n) is 4.35. The molecule has 0 aliphatic rings. The molecule has 5 nitrogen and oxygen atoms in total. The van der Waals surface area contributed by atoms with Crippen LogP contribution in [-0.4, -0.2) is 16.1 Å². The quantitative estimate of drug-likeness (QED) is 0.362. The molecule has 0 unspecified atom stereocenters. The van der Waals surface area contributed by atoms with Crippen LogP contribution in [0.4, 0.5) is 11.4 Å². The van der Waals surface area contributed by atoms with Crippen LogP contribution in [0.5, 0.6) is 0 Å². The first-order valence-electron chi connectivity index (χ1n) is 9.05. The molecule has 0 aliphatic carbocycles. The molecule has 27 heavy (non-hydrogen) atoms. The first kappa shape index (κ1) is 21.0. The van der Waals surface area contributed by atoms with Gasteiger partial charge in [-0.1, -0.05) is 45.9 Å². The molecule has 0 aromatic heterocycles. The number of anilines is 1. The van der Waals surface area contributed by atoms with Gasteiger partial charge in [0.15, 0.2) is 0 Å². The smallest absolute Gasteiger partial charge is 0.269 e. The van der Waals surface area contributed by atoms with Crippen molar-refractivity contribution >= 4 is 29.0 Å². The van der Waals surface area contributed by atoms with Crippen LogP contribution in [0.2, 0.25) is 0 Å². The van der Waals surface area contributed by atoms with Gasteiger partial charge in [0.25, 0.3) is 5.69 Å². The Labute approximate surface area is 164 Å². The van der Waals surface area contributed by atoms with E-state index in [1.165, 1.54) is 23.9 Å². The highest BCUT2D eigenvalue weighted by Gasteiger charge is 2.20. The summed E-state index contributed by atoms with van der Waals surface area (Å²) in [6.45, 7) is 10.3. The van der Waals surface area contributed by atoms with Gasteiger partial charge in [-0.25, -0.2) is 0 Å². The number of carbonyl (C=O) groups excluding carboxylic acids is 1. The second kappa shape index (κ2) is 9.04. The molecule has 1 N–H and O–H groups in total. The van der Waals surface area contributed by atoms with Gasteiger partial charge in [-0.05, 0) is 42.0 Å². The lowest BCUT2D eigenvalue weighted by Crippen LogP contribution is -2.24. The Morgan fingerprint density at radius 3 is 1.93 bits per heavy atom. The summed E-state index contributed by atoms with van der Waals surface area (Å²) in [7, 11) is 0. The maximum Gasteiger partial charge on any atom is 0.269 e. The molecule has 1 atom stereocenters. The molecule has 2 rings (SSSR count). The standard InChI is InChI=1S/C21H26N2O3S/c1-13(2)18-7-6-8-19(14(3)4)20(18)22-21(24)15(5)27-17-11-9-16(10-12-17)23(25)26/h6-15H,1-5H3,(H,22,24)/t15-/m1/s1. The fraction of sp³-hybridized carbons (Fsp3) is 0.381. The highest BCUT2D eigenvalue weighted by molar-refractivity contribution is 8.00. The van der Waals surface area contributed by atoms with Crippen molar-refractivity contribution < 1.29 is 9.72 Å². The zero-order chi connectivity index (χ0) is 20.1. The zero-order valence-electron chi connectivity index (χ0n) is 16.4. The third kappa shape index (κ3) is 5.32. The number of nitro benzene ring substituents is 1. The summed E-state index contributed by atoms with van der Waals surface area (Å²) in [5.74, 6) is 0.529. The first-order chi connectivity index (χ1) is 12.7. The van der Waals surface area contributed by atoms with Crippen molar-refractivity contribution in [2.45, 2.75) is 56.6 Å². The number of rotatable bonds is 7. The Morgan fingerprint density at radius 2 is 1.48 bits per heavy atom. The Kier molecular flexibility index (Phi) is 7.02. The Balaban J connectivity index is 2.17. The van der Waals surface area contributed by atoms with E-state index in [2.05, 4.69) is 45.1 Å². The van der Waals surface area contributed by atoms with E-state index in [-0.39, 0.29) is 16.8 Å². The van der Waals surface area contributed by atoms with Gasteiger partial charge in [0.05, 0.1) is 10.2 Å². The Bertz CT molecular complexity index is 790. The van der Waals surface area contributed by atoms with Gasteiger partial charge in [0.2, 0.25) is 5.91 Å². The molecule has 0 radical (unpaired) electrons. The van der Waals surface area contributed by atoms with Gasteiger partial charge >= 0.3 is 0 Å². The number of nitro groups is 1. The molecule has 0 saturated carbocycles. The summed E-state index contributed by atoms with van der Waals surface area (Å²) in [5.41, 5.74) is 3.21. The molecule has 0 spiro atoms. The van der Waals surface area contributed by atoms with Crippen molar-refractivity contribution in [2.24, 2.45) is 0 Å². The number of nitrogens with one attached hydrogen (secondary N) is 1. The monoisotopic (exact) mass is 386 g/mol. The van der Waals surface area contributed by atoms with Gasteiger partial charge < -0.3 is 5.32 Å². The van der Waals surface area contributed by atoms with Crippen molar-refractivity contribution in [3.8, 4) is 0 Å². The van der Waals surface area contributed by atoms with E-state index in [0.717, 1.165) is 21.7 Å². The van der Waals surface area contributed by atoms with Gasteiger partial charge in [-0.15, -0.1) is 11.8 Å². The summed E-state index contributed by atoms with van der Waals surface area (Å²) in [6.07, 6.45) is 0. The number of benzene rings is 2. The second-order valence-electron chi connectivity index (χ2n) is 7.12. The van der Waals surface area contributed by atoms with Gasteiger partial charge in [-0.3, -0.25) is 14.9 Å². The van der Waals surface area contributed by atoms with Crippen molar-refractivity contribution in [1.29, 1.82) is 0 Å². The maximum atomic E-state index is 12.8. The molecule has 1 amide bonds. The van der Waals surface area contributed by atoms with Crippen LogP contribution in [0.15, 0.2) is 47.4 Å². The molecule has 2 aromatic rings. The SMILES string of the molecule is CC(C)c1cccc(C(C)C)c1NC(=O)[C@@H](C)Sc1ccc([N+](=O)[O-])cc1. The largest absolute Gasteiger partial charge is 0.325 e. The van der Waals surface area contributed by atoms with Gasteiger partial charge in [-0.2, -0.15) is 0 Å². The fourth-order valence-corrected chi connectivity index (χ4v) is 3.69. The minimum atomic E-state index is -0.430. The van der Waals surface area contributed by atoms with E-state index in [9.17, 15) is 14.9 Å². The minimum Gasteiger partial charge on any atom is -0.325 e. The summed E-state index contributed by atoms with van der Waals surface area (Å²) in [5, 5.41) is 13.6. The van der Waals surface area contributed by atoms with Crippen LogP contribution in [0.25, 0.3) is 0 Å². The summed E-state index contributed by atoms with van der Waals surface area (Å²) < 4.78 is 0.